The Hall–Kier alpha value is -1.23. The molecule has 1 atom stereocenters. The van der Waals surface area contributed by atoms with E-state index in [0.717, 1.165) is 43.3 Å². The van der Waals surface area contributed by atoms with Crippen LogP contribution < -0.4 is 10.1 Å². The molecule has 1 saturated heterocycles. The summed E-state index contributed by atoms with van der Waals surface area (Å²) in [4.78, 5) is 4.44. The second-order valence-corrected chi connectivity index (χ2v) is 5.23. The zero-order valence-corrected chi connectivity index (χ0v) is 14.2. The lowest BCUT2D eigenvalue weighted by Crippen LogP contribution is -2.28. The molecular weight excluding hydrogens is 323 g/mol. The van der Waals surface area contributed by atoms with Crippen molar-refractivity contribution in [3.63, 3.8) is 0 Å². The largest absolute Gasteiger partial charge is 0.497 e. The Labute approximate surface area is 143 Å². The molecule has 2 heterocycles. The van der Waals surface area contributed by atoms with Crippen LogP contribution >= 0.6 is 24.8 Å². The molecule has 22 heavy (non-hydrogen) atoms. The van der Waals surface area contributed by atoms with E-state index in [0.29, 0.717) is 5.92 Å². The number of nitrogens with zero attached hydrogens (tertiary/aromatic N) is 1. The monoisotopic (exact) mass is 344 g/mol. The Morgan fingerprint density at radius 1 is 1.27 bits per heavy atom. The molecule has 0 aliphatic carbocycles. The number of piperidine rings is 1. The second kappa shape index (κ2) is 9.03. The molecular formula is C16H22Cl2N2O2. The van der Waals surface area contributed by atoms with E-state index in [1.54, 1.807) is 7.11 Å². The normalized spacial score (nSPS) is 17.2. The van der Waals surface area contributed by atoms with Gasteiger partial charge in [0.05, 0.1) is 13.3 Å². The first-order chi connectivity index (χ1) is 9.85. The van der Waals surface area contributed by atoms with Crippen LogP contribution in [-0.2, 0) is 6.42 Å². The van der Waals surface area contributed by atoms with Gasteiger partial charge in [-0.05, 0) is 37.1 Å². The van der Waals surface area contributed by atoms with E-state index in [2.05, 4.69) is 22.4 Å². The molecule has 1 N–H and O–H groups in total. The Morgan fingerprint density at radius 2 is 2.05 bits per heavy atom. The third-order valence-electron chi connectivity index (χ3n) is 3.75. The lowest BCUT2D eigenvalue weighted by atomic mass is 10.00. The van der Waals surface area contributed by atoms with Crippen LogP contribution in [0.5, 0.6) is 5.75 Å². The highest BCUT2D eigenvalue weighted by molar-refractivity contribution is 5.85. The van der Waals surface area contributed by atoms with Crippen molar-refractivity contribution >= 4 is 24.8 Å². The van der Waals surface area contributed by atoms with Gasteiger partial charge in [-0.15, -0.1) is 24.8 Å². The molecule has 1 fully saturated rings. The highest BCUT2D eigenvalue weighted by Gasteiger charge is 2.20. The van der Waals surface area contributed by atoms with Crippen LogP contribution in [0.15, 0.2) is 34.9 Å². The van der Waals surface area contributed by atoms with E-state index >= 15 is 0 Å². The minimum absolute atomic E-state index is 0. The van der Waals surface area contributed by atoms with Crippen molar-refractivity contribution < 1.29 is 9.15 Å². The molecule has 0 bridgehead atoms. The van der Waals surface area contributed by atoms with Crippen LogP contribution in [0.3, 0.4) is 0 Å². The number of oxazole rings is 1. The SMILES string of the molecule is COc1ccc(Cc2cnc(C3CCCNC3)o2)cc1.Cl.Cl. The van der Waals surface area contributed by atoms with E-state index in [4.69, 9.17) is 9.15 Å². The van der Waals surface area contributed by atoms with Crippen LogP contribution in [0.25, 0.3) is 0 Å². The first-order valence-corrected chi connectivity index (χ1v) is 7.13. The van der Waals surface area contributed by atoms with Crippen LogP contribution in [0.2, 0.25) is 0 Å². The summed E-state index contributed by atoms with van der Waals surface area (Å²) < 4.78 is 11.1. The third-order valence-corrected chi connectivity index (χ3v) is 3.75. The van der Waals surface area contributed by atoms with Gasteiger partial charge >= 0.3 is 0 Å². The van der Waals surface area contributed by atoms with Gasteiger partial charge in [-0.25, -0.2) is 4.98 Å². The maximum Gasteiger partial charge on any atom is 0.198 e. The topological polar surface area (TPSA) is 47.3 Å². The molecule has 3 rings (SSSR count). The number of aromatic nitrogens is 1. The third kappa shape index (κ3) is 4.63. The number of ether oxygens (including phenoxy) is 1. The van der Waals surface area contributed by atoms with Crippen molar-refractivity contribution in [1.29, 1.82) is 0 Å². The summed E-state index contributed by atoms with van der Waals surface area (Å²) in [5.41, 5.74) is 1.20. The molecule has 1 aliphatic rings. The van der Waals surface area contributed by atoms with Gasteiger partial charge in [0.2, 0.25) is 0 Å². The van der Waals surface area contributed by atoms with Crippen molar-refractivity contribution in [2.45, 2.75) is 25.2 Å². The van der Waals surface area contributed by atoms with E-state index in [9.17, 15) is 0 Å². The summed E-state index contributed by atoms with van der Waals surface area (Å²) >= 11 is 0. The Bertz CT molecular complexity index is 552. The number of halogens is 2. The molecule has 1 unspecified atom stereocenters. The molecule has 1 aliphatic heterocycles. The van der Waals surface area contributed by atoms with Gasteiger partial charge in [-0.2, -0.15) is 0 Å². The maximum absolute atomic E-state index is 5.90. The maximum atomic E-state index is 5.90. The van der Waals surface area contributed by atoms with Crippen molar-refractivity contribution in [2.24, 2.45) is 0 Å². The number of rotatable bonds is 4. The number of benzene rings is 1. The molecule has 1 aromatic carbocycles. The fourth-order valence-corrected chi connectivity index (χ4v) is 2.60. The summed E-state index contributed by atoms with van der Waals surface area (Å²) in [5.74, 6) is 3.10. The molecule has 0 spiro atoms. The number of methoxy groups -OCH3 is 1. The van der Waals surface area contributed by atoms with Gasteiger partial charge in [-0.3, -0.25) is 0 Å². The Morgan fingerprint density at radius 3 is 2.68 bits per heavy atom. The van der Waals surface area contributed by atoms with Gasteiger partial charge in [0.1, 0.15) is 11.5 Å². The van der Waals surface area contributed by atoms with Crippen molar-refractivity contribution in [2.75, 3.05) is 20.2 Å². The fourth-order valence-electron chi connectivity index (χ4n) is 2.60. The summed E-state index contributed by atoms with van der Waals surface area (Å²) in [7, 11) is 1.68. The number of hydrogen-bond donors (Lipinski definition) is 1. The van der Waals surface area contributed by atoms with Gasteiger partial charge in [0.25, 0.3) is 0 Å². The van der Waals surface area contributed by atoms with Gasteiger partial charge in [0, 0.05) is 18.9 Å². The molecule has 0 radical (unpaired) electrons. The quantitative estimate of drug-likeness (QED) is 0.920. The van der Waals surface area contributed by atoms with Gasteiger partial charge < -0.3 is 14.5 Å². The Kier molecular flexibility index (Phi) is 7.73. The lowest BCUT2D eigenvalue weighted by Gasteiger charge is -2.19. The zero-order valence-electron chi connectivity index (χ0n) is 12.6. The molecule has 6 heteroatoms. The predicted octanol–water partition coefficient (Wildman–Crippen LogP) is 3.58. The summed E-state index contributed by atoms with van der Waals surface area (Å²) in [6, 6.07) is 8.06. The fraction of sp³-hybridized carbons (Fsp3) is 0.438. The van der Waals surface area contributed by atoms with E-state index in [1.807, 2.05) is 18.3 Å². The smallest absolute Gasteiger partial charge is 0.198 e. The number of nitrogens with one attached hydrogen (secondary N) is 1. The minimum atomic E-state index is 0. The second-order valence-electron chi connectivity index (χ2n) is 5.23. The highest BCUT2D eigenvalue weighted by atomic mass is 35.5. The molecule has 0 saturated carbocycles. The molecule has 1 aromatic heterocycles. The zero-order chi connectivity index (χ0) is 13.8. The van der Waals surface area contributed by atoms with Crippen molar-refractivity contribution in [3.05, 3.63) is 47.7 Å². The van der Waals surface area contributed by atoms with Crippen LogP contribution in [0, 0.1) is 0 Å². The minimum Gasteiger partial charge on any atom is -0.497 e. The molecule has 122 valence electrons. The Balaban J connectivity index is 0.00000121. The van der Waals surface area contributed by atoms with Crippen LogP contribution in [0.1, 0.15) is 36.0 Å². The molecule has 4 nitrogen and oxygen atoms in total. The lowest BCUT2D eigenvalue weighted by molar-refractivity contribution is 0.365. The molecule has 0 amide bonds. The van der Waals surface area contributed by atoms with Crippen molar-refractivity contribution in [1.82, 2.24) is 10.3 Å². The van der Waals surface area contributed by atoms with Gasteiger partial charge in [0.15, 0.2) is 5.89 Å². The van der Waals surface area contributed by atoms with E-state index in [1.165, 1.54) is 12.0 Å². The average molecular weight is 345 g/mol. The standard InChI is InChI=1S/C16H20N2O2.2ClH/c1-19-14-6-4-12(5-7-14)9-15-11-18-16(20-15)13-3-2-8-17-10-13;;/h4-7,11,13,17H,2-3,8-10H2,1H3;2*1H. The van der Waals surface area contributed by atoms with Crippen molar-refractivity contribution in [3.8, 4) is 5.75 Å². The van der Waals surface area contributed by atoms with Gasteiger partial charge in [-0.1, -0.05) is 12.1 Å². The van der Waals surface area contributed by atoms with Crippen LogP contribution in [-0.4, -0.2) is 25.2 Å². The summed E-state index contributed by atoms with van der Waals surface area (Å²) in [5, 5.41) is 3.39. The first kappa shape index (κ1) is 18.8. The summed E-state index contributed by atoms with van der Waals surface area (Å²) in [6.07, 6.45) is 4.99. The van der Waals surface area contributed by atoms with Crippen LogP contribution in [0.4, 0.5) is 0 Å². The first-order valence-electron chi connectivity index (χ1n) is 7.13. The summed E-state index contributed by atoms with van der Waals surface area (Å²) in [6.45, 7) is 2.08. The molecule has 2 aromatic rings. The van der Waals surface area contributed by atoms with E-state index < -0.39 is 0 Å². The number of hydrogen-bond acceptors (Lipinski definition) is 4. The predicted molar refractivity (Wildman–Crippen MR) is 91.6 cm³/mol. The average Bonchev–Trinajstić information content (AvgIpc) is 2.97. The highest BCUT2D eigenvalue weighted by Crippen LogP contribution is 2.24. The van der Waals surface area contributed by atoms with E-state index in [-0.39, 0.29) is 24.8 Å².